The minimum Gasteiger partial charge on any atom is -0.383 e. The van der Waals surface area contributed by atoms with Crippen molar-refractivity contribution in [1.29, 1.82) is 0 Å². The molecular weight excluding hydrogens is 306 g/mol. The monoisotopic (exact) mass is 323 g/mol. The second kappa shape index (κ2) is 6.22. The zero-order valence-electron chi connectivity index (χ0n) is 13.0. The van der Waals surface area contributed by atoms with Gasteiger partial charge >= 0.3 is 0 Å². The molecule has 116 valence electrons. The molecule has 0 saturated carbocycles. The molecule has 0 aliphatic heterocycles. The number of thiophene rings is 1. The maximum absolute atomic E-state index is 12.2. The Hall–Kier alpha value is -2.66. The van der Waals surface area contributed by atoms with E-state index in [9.17, 15) is 4.79 Å². The smallest absolute Gasteiger partial charge is 0.256 e. The Bertz CT molecular complexity index is 853. The summed E-state index contributed by atoms with van der Waals surface area (Å²) in [6.07, 6.45) is 0. The second-order valence-corrected chi connectivity index (χ2v) is 6.30. The standard InChI is InChI=1S/C18H17N3OS/c1-11-3-5-13(6-4-11)18(22)21-15-8-7-14(17(19)20-15)16-12(2)9-10-23-16/h3-10H,1-2H3,(H3,19,20,21,22). The van der Waals surface area contributed by atoms with Crippen LogP contribution in [-0.2, 0) is 0 Å². The van der Waals surface area contributed by atoms with Crippen molar-refractivity contribution in [1.82, 2.24) is 4.98 Å². The number of anilines is 2. The van der Waals surface area contributed by atoms with Gasteiger partial charge in [-0.1, -0.05) is 17.7 Å². The van der Waals surface area contributed by atoms with Crippen molar-refractivity contribution < 1.29 is 4.79 Å². The minimum absolute atomic E-state index is 0.197. The van der Waals surface area contributed by atoms with E-state index in [2.05, 4.69) is 10.3 Å². The summed E-state index contributed by atoms with van der Waals surface area (Å²) in [5.41, 5.74) is 9.82. The van der Waals surface area contributed by atoms with Crippen LogP contribution in [0.2, 0.25) is 0 Å². The SMILES string of the molecule is Cc1ccc(C(=O)Nc2ccc(-c3sccc3C)c(N)n2)cc1. The first-order chi connectivity index (χ1) is 11.0. The van der Waals surface area contributed by atoms with Crippen molar-refractivity contribution in [2.24, 2.45) is 0 Å². The van der Waals surface area contributed by atoms with Crippen LogP contribution in [0.3, 0.4) is 0 Å². The predicted molar refractivity (Wildman–Crippen MR) is 95.8 cm³/mol. The van der Waals surface area contributed by atoms with Gasteiger partial charge in [0.15, 0.2) is 0 Å². The average Bonchev–Trinajstić information content (AvgIpc) is 2.94. The number of pyridine rings is 1. The fourth-order valence-electron chi connectivity index (χ4n) is 2.28. The van der Waals surface area contributed by atoms with Crippen LogP contribution in [0.1, 0.15) is 21.5 Å². The molecule has 0 unspecified atom stereocenters. The summed E-state index contributed by atoms with van der Waals surface area (Å²) >= 11 is 1.63. The normalized spacial score (nSPS) is 10.5. The number of nitrogens with zero attached hydrogens (tertiary/aromatic N) is 1. The van der Waals surface area contributed by atoms with E-state index in [0.29, 0.717) is 17.2 Å². The quantitative estimate of drug-likeness (QED) is 0.756. The number of aryl methyl sites for hydroxylation is 2. The molecule has 0 spiro atoms. The van der Waals surface area contributed by atoms with Crippen LogP contribution < -0.4 is 11.1 Å². The van der Waals surface area contributed by atoms with Gasteiger partial charge in [0.05, 0.1) is 0 Å². The van der Waals surface area contributed by atoms with Gasteiger partial charge in [-0.15, -0.1) is 11.3 Å². The van der Waals surface area contributed by atoms with Gasteiger partial charge in [0.25, 0.3) is 5.91 Å². The number of benzene rings is 1. The number of aromatic nitrogens is 1. The van der Waals surface area contributed by atoms with Crippen molar-refractivity contribution in [3.05, 3.63) is 64.5 Å². The van der Waals surface area contributed by atoms with Gasteiger partial charge in [0.1, 0.15) is 11.6 Å². The van der Waals surface area contributed by atoms with E-state index in [4.69, 9.17) is 5.73 Å². The summed E-state index contributed by atoms with van der Waals surface area (Å²) in [6, 6.07) is 13.1. The van der Waals surface area contributed by atoms with Crippen LogP contribution in [0.25, 0.3) is 10.4 Å². The molecule has 2 heterocycles. The second-order valence-electron chi connectivity index (χ2n) is 5.38. The Labute approximate surface area is 139 Å². The lowest BCUT2D eigenvalue weighted by Gasteiger charge is -2.09. The van der Waals surface area contributed by atoms with E-state index >= 15 is 0 Å². The van der Waals surface area contributed by atoms with Crippen LogP contribution in [0, 0.1) is 13.8 Å². The summed E-state index contributed by atoms with van der Waals surface area (Å²) in [6.45, 7) is 4.02. The molecule has 0 fully saturated rings. The highest BCUT2D eigenvalue weighted by Gasteiger charge is 2.11. The molecule has 3 rings (SSSR count). The Morgan fingerprint density at radius 1 is 1.09 bits per heavy atom. The molecule has 4 nitrogen and oxygen atoms in total. The summed E-state index contributed by atoms with van der Waals surface area (Å²) in [5, 5.41) is 4.80. The van der Waals surface area contributed by atoms with Gasteiger partial charge in [-0.05, 0) is 55.1 Å². The summed E-state index contributed by atoms with van der Waals surface area (Å²) < 4.78 is 0. The number of amides is 1. The van der Waals surface area contributed by atoms with Gasteiger partial charge in [0.2, 0.25) is 0 Å². The molecule has 1 aromatic carbocycles. The third kappa shape index (κ3) is 3.24. The average molecular weight is 323 g/mol. The van der Waals surface area contributed by atoms with Crippen LogP contribution >= 0.6 is 11.3 Å². The fraction of sp³-hybridized carbons (Fsp3) is 0.111. The molecule has 0 bridgehead atoms. The van der Waals surface area contributed by atoms with E-state index in [1.54, 1.807) is 29.5 Å². The Morgan fingerprint density at radius 3 is 2.43 bits per heavy atom. The van der Waals surface area contributed by atoms with Gasteiger partial charge in [-0.3, -0.25) is 4.79 Å². The number of carbonyl (C=O) groups is 1. The van der Waals surface area contributed by atoms with Crippen LogP contribution in [0.5, 0.6) is 0 Å². The van der Waals surface area contributed by atoms with Crippen molar-refractivity contribution >= 4 is 28.9 Å². The van der Waals surface area contributed by atoms with Gasteiger partial charge in [-0.25, -0.2) is 4.98 Å². The molecule has 2 aromatic heterocycles. The molecule has 0 aliphatic carbocycles. The van der Waals surface area contributed by atoms with E-state index < -0.39 is 0 Å². The molecule has 1 amide bonds. The predicted octanol–water partition coefficient (Wildman–Crippen LogP) is 4.26. The zero-order chi connectivity index (χ0) is 16.4. The molecule has 3 N–H and O–H groups in total. The maximum atomic E-state index is 12.2. The van der Waals surface area contributed by atoms with E-state index in [-0.39, 0.29) is 5.91 Å². The maximum Gasteiger partial charge on any atom is 0.256 e. The number of hydrogen-bond acceptors (Lipinski definition) is 4. The van der Waals surface area contributed by atoms with E-state index in [0.717, 1.165) is 16.0 Å². The molecule has 0 saturated heterocycles. The highest BCUT2D eigenvalue weighted by atomic mass is 32.1. The molecule has 0 atom stereocenters. The van der Waals surface area contributed by atoms with Crippen molar-refractivity contribution in [2.45, 2.75) is 13.8 Å². The van der Waals surface area contributed by atoms with E-state index in [1.165, 1.54) is 5.56 Å². The first-order valence-corrected chi connectivity index (χ1v) is 8.11. The van der Waals surface area contributed by atoms with E-state index in [1.807, 2.05) is 43.5 Å². The molecule has 5 heteroatoms. The van der Waals surface area contributed by atoms with Gasteiger partial charge in [-0.2, -0.15) is 0 Å². The van der Waals surface area contributed by atoms with Crippen molar-refractivity contribution in [2.75, 3.05) is 11.1 Å². The number of nitrogens with two attached hydrogens (primary N) is 1. The Kier molecular flexibility index (Phi) is 4.12. The molecule has 23 heavy (non-hydrogen) atoms. The largest absolute Gasteiger partial charge is 0.383 e. The Balaban J connectivity index is 1.82. The summed E-state index contributed by atoms with van der Waals surface area (Å²) in [5.74, 6) is 0.667. The van der Waals surface area contributed by atoms with Crippen LogP contribution in [-0.4, -0.2) is 10.9 Å². The molecule has 3 aromatic rings. The summed E-state index contributed by atoms with van der Waals surface area (Å²) in [7, 11) is 0. The fourth-order valence-corrected chi connectivity index (χ4v) is 3.24. The van der Waals surface area contributed by atoms with Crippen LogP contribution in [0.4, 0.5) is 11.6 Å². The summed E-state index contributed by atoms with van der Waals surface area (Å²) in [4.78, 5) is 17.6. The number of nitrogens with one attached hydrogen (secondary N) is 1. The van der Waals surface area contributed by atoms with Gasteiger partial charge < -0.3 is 11.1 Å². The lowest BCUT2D eigenvalue weighted by atomic mass is 10.1. The third-order valence-corrected chi connectivity index (χ3v) is 4.64. The lowest BCUT2D eigenvalue weighted by molar-refractivity contribution is 0.102. The topological polar surface area (TPSA) is 68.0 Å². The molecule has 0 radical (unpaired) electrons. The highest BCUT2D eigenvalue weighted by molar-refractivity contribution is 7.13. The van der Waals surface area contributed by atoms with Crippen molar-refractivity contribution in [3.63, 3.8) is 0 Å². The number of carbonyl (C=O) groups excluding carboxylic acids is 1. The molecule has 0 aliphatic rings. The number of hydrogen-bond donors (Lipinski definition) is 2. The first kappa shape index (κ1) is 15.2. The van der Waals surface area contributed by atoms with Crippen LogP contribution in [0.15, 0.2) is 47.8 Å². The third-order valence-electron chi connectivity index (χ3n) is 3.59. The van der Waals surface area contributed by atoms with Crippen molar-refractivity contribution in [3.8, 4) is 10.4 Å². The lowest BCUT2D eigenvalue weighted by Crippen LogP contribution is -2.13. The number of nitrogen functional groups attached to an aromatic ring is 1. The minimum atomic E-state index is -0.197. The first-order valence-electron chi connectivity index (χ1n) is 7.23. The Morgan fingerprint density at radius 2 is 1.83 bits per heavy atom. The molecular formula is C18H17N3OS. The van der Waals surface area contributed by atoms with Gasteiger partial charge in [0, 0.05) is 16.0 Å². The highest BCUT2D eigenvalue weighted by Crippen LogP contribution is 2.33. The number of rotatable bonds is 3. The zero-order valence-corrected chi connectivity index (χ0v) is 13.8.